The molecule has 0 unspecified atom stereocenters. The van der Waals surface area contributed by atoms with Gasteiger partial charge in [-0.25, -0.2) is 4.85 Å². The number of benzene rings is 11. The number of aromatic nitrogens is 4. The fourth-order valence-corrected chi connectivity index (χ4v) is 14.7. The maximum absolute atomic E-state index is 13.2. The first-order valence-corrected chi connectivity index (χ1v) is 28.9. The molecule has 6 heterocycles. The van der Waals surface area contributed by atoms with E-state index in [1.807, 2.05) is 141 Å². The van der Waals surface area contributed by atoms with Crippen LogP contribution in [0.15, 0.2) is 204 Å². The zero-order valence-electron chi connectivity index (χ0n) is 58.9. The van der Waals surface area contributed by atoms with E-state index in [4.69, 9.17) is 16.1 Å². The molecule has 0 saturated carbocycles. The Kier molecular flexibility index (Phi) is 7.84. The van der Waals surface area contributed by atoms with Crippen LogP contribution in [0.25, 0.3) is 157 Å². The average molecular weight is 1120 g/mol. The van der Waals surface area contributed by atoms with Gasteiger partial charge in [0.05, 0.1) is 96.1 Å². The Morgan fingerprint density at radius 2 is 1.11 bits per heavy atom. The van der Waals surface area contributed by atoms with Gasteiger partial charge in [-0.2, -0.15) is 5.26 Å². The molecule has 0 aliphatic heterocycles. The summed E-state index contributed by atoms with van der Waals surface area (Å²) in [5.74, 6) is 0. The Bertz CT molecular complexity index is 6350. The van der Waals surface area contributed by atoms with Gasteiger partial charge in [0.15, 0.2) is 5.58 Å². The van der Waals surface area contributed by atoms with Crippen molar-refractivity contribution >= 4 is 146 Å². The van der Waals surface area contributed by atoms with Crippen LogP contribution >= 0.6 is 11.3 Å². The number of fused-ring (bicyclic) bond motifs is 20. The van der Waals surface area contributed by atoms with Gasteiger partial charge in [-0.1, -0.05) is 180 Å². The summed E-state index contributed by atoms with van der Waals surface area (Å²) in [6.07, 6.45) is 0. The molecule has 0 saturated heterocycles. The third-order valence-electron chi connectivity index (χ3n) is 17.3. The maximum atomic E-state index is 13.2. The highest BCUT2D eigenvalue weighted by Crippen LogP contribution is 2.55. The molecule has 0 N–H and O–H groups in total. The van der Waals surface area contributed by atoms with Gasteiger partial charge in [0.25, 0.3) is 0 Å². The Morgan fingerprint density at radius 3 is 1.73 bits per heavy atom. The first-order chi connectivity index (χ1) is 46.3. The maximum Gasteiger partial charge on any atom is 0.237 e. The minimum absolute atomic E-state index is 0.00776. The summed E-state index contributed by atoms with van der Waals surface area (Å²) in [6, 6.07) is 44.7. The SMILES string of the molecule is [2H]c1c([2H])c([2H])c2c(sc3c2c([2H])c([2H])c2c4c([2H])c(C([2H])([2H])[2H])c([2H])c([2H])c4n(-c4c(-n5c6ccccc6c6ccccc65)c(C#N)c(-n5c6ccc(C(C)(C)C)cc6c6cc(C(C)(C)C)c7c8ccccc8oc7c65)c([N+]#[C-])c4-n4c5ccccc5c5ccccc54)c32)c1[2H]. The molecule has 7 nitrogen and oxygen atoms in total. The number of hydrogen-bond donors (Lipinski definition) is 0. The fraction of sp³-hybridized carbons (Fsp3) is 0.117. The van der Waals surface area contributed by atoms with E-state index in [1.165, 1.54) is 0 Å². The van der Waals surface area contributed by atoms with Crippen LogP contribution in [-0.2, 0) is 10.8 Å². The summed E-state index contributed by atoms with van der Waals surface area (Å²) in [6.45, 7) is 20.0. The van der Waals surface area contributed by atoms with Crippen molar-refractivity contribution in [2.24, 2.45) is 0 Å². The van der Waals surface area contributed by atoms with Crippen molar-refractivity contribution in [2.75, 3.05) is 0 Å². The Morgan fingerprint density at radius 1 is 0.518 bits per heavy atom. The van der Waals surface area contributed by atoms with Gasteiger partial charge in [-0.05, 0) is 95.5 Å². The van der Waals surface area contributed by atoms with E-state index in [1.54, 1.807) is 4.57 Å². The molecule has 85 heavy (non-hydrogen) atoms. The molecule has 0 aliphatic carbocycles. The Hall–Kier alpha value is -10.4. The quantitative estimate of drug-likeness (QED) is 0.165. The van der Waals surface area contributed by atoms with Gasteiger partial charge in [0.2, 0.25) is 5.69 Å². The lowest BCUT2D eigenvalue weighted by molar-refractivity contribution is 0.591. The van der Waals surface area contributed by atoms with Crippen molar-refractivity contribution in [1.82, 2.24) is 18.3 Å². The highest BCUT2D eigenvalue weighted by molar-refractivity contribution is 7.26. The molecule has 0 amide bonds. The van der Waals surface area contributed by atoms with Crippen molar-refractivity contribution in [3.8, 4) is 28.8 Å². The van der Waals surface area contributed by atoms with Crippen molar-refractivity contribution in [3.63, 3.8) is 0 Å². The second kappa shape index (κ2) is 17.3. The number of hydrogen-bond acceptors (Lipinski definition) is 3. The summed E-state index contributed by atoms with van der Waals surface area (Å²) in [5, 5.41) is 18.9. The second-order valence-electron chi connectivity index (χ2n) is 24.1. The Labute approximate surface area is 510 Å². The predicted octanol–water partition coefficient (Wildman–Crippen LogP) is 21.7. The molecule has 6 aromatic heterocycles. The average Bonchev–Trinajstić information content (AvgIpc) is 1.54. The molecule has 0 aliphatic rings. The zero-order chi connectivity index (χ0) is 67.9. The lowest BCUT2D eigenvalue weighted by atomic mass is 9.82. The van der Waals surface area contributed by atoms with E-state index in [0.29, 0.717) is 44.3 Å². The van der Waals surface area contributed by atoms with Gasteiger partial charge in [-0.15, -0.1) is 11.3 Å². The molecule has 17 rings (SSSR count). The Balaban J connectivity index is 1.25. The molecular weight excluding hydrogens is 1060 g/mol. The molecule has 17 aromatic rings. The van der Waals surface area contributed by atoms with Crippen LogP contribution in [-0.4, -0.2) is 18.3 Å². The number of thiophene rings is 1. The first kappa shape index (κ1) is 38.4. The van der Waals surface area contributed by atoms with E-state index < -0.39 is 72.2 Å². The number of rotatable bonds is 4. The standard InChI is InChI=1S/C77H54N6OS/c1-43-33-37-62-53(39-43)50-35-36-51-49-25-14-20-32-65(49)85-75(51)71(50)83(62)73-69(80-58-27-15-9-21-45(58)46-22-10-16-28-59(46)80)56(42-78)68(67(79-8)72(73)81-60-29-17-11-23-47(60)48-24-12-18-30-61(48)81)82-63-38-34-44(76(2,3)4)40-54(63)55-41-57(77(5,6)7)66-52-26-13-19-31-64(52)84-74(66)70(55)82/h9-41H,1-7H3/i1D3,14D,20D,25D,32D,33D,35D,36D,37D,39D. The topological polar surface area (TPSA) is 61.0 Å². The number of furan rings is 1. The highest BCUT2D eigenvalue weighted by atomic mass is 32.1. The van der Waals surface area contributed by atoms with Crippen LogP contribution in [0.2, 0.25) is 0 Å². The molecule has 0 atom stereocenters. The van der Waals surface area contributed by atoms with E-state index in [0.717, 1.165) is 65.6 Å². The molecule has 0 bridgehead atoms. The fourth-order valence-electron chi connectivity index (χ4n) is 13.6. The normalized spacial score (nSPS) is 14.8. The van der Waals surface area contributed by atoms with Gasteiger partial charge in [0.1, 0.15) is 11.7 Å². The zero-order valence-corrected chi connectivity index (χ0v) is 47.7. The summed E-state index contributed by atoms with van der Waals surface area (Å²) in [5.41, 5.74) is 5.00. The molecule has 0 spiro atoms. The van der Waals surface area contributed by atoms with E-state index in [-0.39, 0.29) is 81.4 Å². The van der Waals surface area contributed by atoms with Crippen molar-refractivity contribution in [3.05, 3.63) is 234 Å². The van der Waals surface area contributed by atoms with Crippen LogP contribution in [0.3, 0.4) is 0 Å². The number of nitrogens with zero attached hydrogens (tertiary/aromatic N) is 6. The summed E-state index contributed by atoms with van der Waals surface area (Å²) in [7, 11) is 0. The number of para-hydroxylation sites is 5. The van der Waals surface area contributed by atoms with E-state index >= 15 is 0 Å². The van der Waals surface area contributed by atoms with Crippen LogP contribution in [0, 0.1) is 24.8 Å². The molecule has 8 heteroatoms. The van der Waals surface area contributed by atoms with Crippen molar-refractivity contribution < 1.29 is 20.9 Å². The van der Waals surface area contributed by atoms with Gasteiger partial charge >= 0.3 is 0 Å². The summed E-state index contributed by atoms with van der Waals surface area (Å²) >= 11 is 0.907. The molecule has 0 fully saturated rings. The third kappa shape index (κ3) is 6.63. The van der Waals surface area contributed by atoms with Crippen molar-refractivity contribution in [2.45, 2.75) is 59.2 Å². The number of nitriles is 1. The summed E-state index contributed by atoms with van der Waals surface area (Å²) in [4.78, 5) is 4.76. The summed E-state index contributed by atoms with van der Waals surface area (Å²) < 4.78 is 129. The minimum atomic E-state index is -3.17. The minimum Gasteiger partial charge on any atom is -0.454 e. The van der Waals surface area contributed by atoms with Crippen LogP contribution < -0.4 is 0 Å². The van der Waals surface area contributed by atoms with Gasteiger partial charge in [-0.3, -0.25) is 0 Å². The molecule has 0 radical (unpaired) electrons. The molecule has 404 valence electrons. The van der Waals surface area contributed by atoms with Gasteiger partial charge in [0, 0.05) is 73.4 Å². The van der Waals surface area contributed by atoms with E-state index in [2.05, 4.69) is 65.8 Å². The second-order valence-corrected chi connectivity index (χ2v) is 25.1. The highest BCUT2D eigenvalue weighted by Gasteiger charge is 2.37. The van der Waals surface area contributed by atoms with Gasteiger partial charge < -0.3 is 22.7 Å². The first-order valence-electron chi connectivity index (χ1n) is 34.1. The van der Waals surface area contributed by atoms with Crippen molar-refractivity contribution in [1.29, 1.82) is 5.26 Å². The lowest BCUT2D eigenvalue weighted by Gasteiger charge is -2.27. The third-order valence-corrected chi connectivity index (χ3v) is 18.4. The molecule has 11 aromatic carbocycles. The largest absolute Gasteiger partial charge is 0.454 e. The molecular formula is C77H54N6OS. The smallest absolute Gasteiger partial charge is 0.237 e. The predicted molar refractivity (Wildman–Crippen MR) is 357 cm³/mol. The lowest BCUT2D eigenvalue weighted by Crippen LogP contribution is -2.15. The van der Waals surface area contributed by atoms with E-state index in [9.17, 15) is 21.4 Å². The van der Waals surface area contributed by atoms with Crippen LogP contribution in [0.5, 0.6) is 0 Å². The monoisotopic (exact) mass is 1120 g/mol. The van der Waals surface area contributed by atoms with Crippen LogP contribution in [0.1, 0.15) is 80.2 Å². The van der Waals surface area contributed by atoms with Crippen LogP contribution in [0.4, 0.5) is 5.69 Å².